The number of carbonyl (C=O) groups excluding carboxylic acids is 2. The average Bonchev–Trinajstić information content (AvgIpc) is 3.29. The number of alkyl halides is 3. The monoisotopic (exact) mass is 490 g/mol. The van der Waals surface area contributed by atoms with E-state index in [9.17, 15) is 31.2 Å². The fourth-order valence-electron chi connectivity index (χ4n) is 3.21. The Morgan fingerprint density at radius 2 is 1.88 bits per heavy atom. The predicted molar refractivity (Wildman–Crippen MR) is 111 cm³/mol. The number of nitrogens with zero attached hydrogens (tertiary/aromatic N) is 1. The highest BCUT2D eigenvalue weighted by atomic mass is 32.2. The Morgan fingerprint density at radius 1 is 1.19 bits per heavy atom. The molecule has 1 aliphatic heterocycles. The molecule has 12 heteroatoms. The second-order valence-electron chi connectivity index (χ2n) is 7.26. The summed E-state index contributed by atoms with van der Waals surface area (Å²) in [6.07, 6.45) is -5.30. The molecule has 0 saturated carbocycles. The Hall–Kier alpha value is -2.44. The number of piperidine rings is 1. The van der Waals surface area contributed by atoms with Gasteiger partial charge in [0.25, 0.3) is 15.9 Å². The molecule has 32 heavy (non-hydrogen) atoms. The van der Waals surface area contributed by atoms with Crippen molar-refractivity contribution in [2.45, 2.75) is 36.3 Å². The number of benzene rings is 1. The molecule has 0 unspecified atom stereocenters. The highest BCUT2D eigenvalue weighted by Gasteiger charge is 2.34. The maximum Gasteiger partial charge on any atom is 0.416 e. The van der Waals surface area contributed by atoms with E-state index in [1.54, 1.807) is 11.4 Å². The Kier molecular flexibility index (Phi) is 7.25. The Balaban J connectivity index is 1.52. The normalized spacial score (nSPS) is 17.0. The Bertz CT molecular complexity index is 1060. The molecule has 1 aliphatic rings. The highest BCUT2D eigenvalue weighted by molar-refractivity contribution is 7.91. The molecule has 0 radical (unpaired) electrons. The molecular weight excluding hydrogens is 469 g/mol. The van der Waals surface area contributed by atoms with Crippen LogP contribution in [0.2, 0.25) is 0 Å². The van der Waals surface area contributed by atoms with Crippen molar-refractivity contribution in [2.75, 3.05) is 18.4 Å². The Morgan fingerprint density at radius 3 is 2.47 bits per heavy atom. The largest absolute Gasteiger partial charge is 0.452 e. The number of esters is 1. The molecule has 0 spiro atoms. The number of ether oxygens (including phenoxy) is 1. The molecule has 7 nitrogen and oxygen atoms in total. The third kappa shape index (κ3) is 5.67. The fourth-order valence-corrected chi connectivity index (χ4v) is 5.82. The van der Waals surface area contributed by atoms with E-state index in [0.29, 0.717) is 0 Å². The number of carbonyl (C=O) groups is 2. The van der Waals surface area contributed by atoms with E-state index in [1.807, 2.05) is 0 Å². The Labute approximate surface area is 187 Å². The van der Waals surface area contributed by atoms with Gasteiger partial charge in [-0.25, -0.2) is 8.42 Å². The quantitative estimate of drug-likeness (QED) is 0.623. The summed E-state index contributed by atoms with van der Waals surface area (Å²) in [5, 5.41) is 3.97. The number of rotatable bonds is 6. The van der Waals surface area contributed by atoms with Gasteiger partial charge in [-0.3, -0.25) is 9.59 Å². The van der Waals surface area contributed by atoms with Crippen LogP contribution in [-0.4, -0.2) is 43.8 Å². The van der Waals surface area contributed by atoms with Crippen LogP contribution in [0, 0.1) is 5.92 Å². The van der Waals surface area contributed by atoms with Gasteiger partial charge >= 0.3 is 12.1 Å². The van der Waals surface area contributed by atoms with Gasteiger partial charge in [0.2, 0.25) is 0 Å². The molecule has 1 fully saturated rings. The molecule has 1 aromatic carbocycles. The SMILES string of the molecule is C[C@@H](OC(=O)C1CCN(S(=O)(=O)c2cccs2)CC1)C(=O)Nc1cccc(C(F)(F)F)c1. The zero-order valence-electron chi connectivity index (χ0n) is 17.0. The van der Waals surface area contributed by atoms with Gasteiger partial charge < -0.3 is 10.1 Å². The van der Waals surface area contributed by atoms with Crippen LogP contribution in [0.1, 0.15) is 25.3 Å². The topological polar surface area (TPSA) is 92.8 Å². The van der Waals surface area contributed by atoms with Crippen molar-refractivity contribution in [3.63, 3.8) is 0 Å². The van der Waals surface area contributed by atoms with Crippen LogP contribution in [0.3, 0.4) is 0 Å². The molecule has 0 aliphatic carbocycles. The standard InChI is InChI=1S/C20H21F3N2O5S2/c1-13(18(26)24-16-5-2-4-15(12-16)20(21,22)23)30-19(27)14-7-9-25(10-8-14)32(28,29)17-6-3-11-31-17/h2-6,11-14H,7-10H2,1H3,(H,24,26)/t13-/m1/s1. The highest BCUT2D eigenvalue weighted by Crippen LogP contribution is 2.31. The maximum absolute atomic E-state index is 12.8. The molecule has 0 bridgehead atoms. The van der Waals surface area contributed by atoms with Crippen molar-refractivity contribution in [3.8, 4) is 0 Å². The van der Waals surface area contributed by atoms with Gasteiger partial charge in [-0.2, -0.15) is 17.5 Å². The number of hydrogen-bond donors (Lipinski definition) is 1. The summed E-state index contributed by atoms with van der Waals surface area (Å²) in [5.41, 5.74) is -0.982. The third-order valence-corrected chi connectivity index (χ3v) is 8.27. The first-order chi connectivity index (χ1) is 15.0. The van der Waals surface area contributed by atoms with Gasteiger partial charge in [0, 0.05) is 18.8 Å². The van der Waals surface area contributed by atoms with Gasteiger partial charge in [0.1, 0.15) is 4.21 Å². The second-order valence-corrected chi connectivity index (χ2v) is 10.4. The lowest BCUT2D eigenvalue weighted by atomic mass is 9.98. The van der Waals surface area contributed by atoms with Crippen molar-refractivity contribution in [1.82, 2.24) is 4.31 Å². The lowest BCUT2D eigenvalue weighted by Gasteiger charge is -2.30. The molecule has 1 atom stereocenters. The van der Waals surface area contributed by atoms with E-state index in [0.717, 1.165) is 29.5 Å². The van der Waals surface area contributed by atoms with Gasteiger partial charge in [0.05, 0.1) is 11.5 Å². The maximum atomic E-state index is 12.8. The molecule has 174 valence electrons. The summed E-state index contributed by atoms with van der Waals surface area (Å²) in [5.74, 6) is -1.99. The third-order valence-electron chi connectivity index (χ3n) is 5.00. The van der Waals surface area contributed by atoms with Gasteiger partial charge in [0.15, 0.2) is 6.10 Å². The minimum atomic E-state index is -4.55. The van der Waals surface area contributed by atoms with Crippen LogP contribution in [0.25, 0.3) is 0 Å². The minimum Gasteiger partial charge on any atom is -0.452 e. The van der Waals surface area contributed by atoms with E-state index in [1.165, 1.54) is 23.4 Å². The summed E-state index contributed by atoms with van der Waals surface area (Å²) in [6, 6.07) is 7.29. The molecule has 2 heterocycles. The zero-order valence-corrected chi connectivity index (χ0v) is 18.6. The van der Waals surface area contributed by atoms with E-state index in [4.69, 9.17) is 4.74 Å². The van der Waals surface area contributed by atoms with Crippen molar-refractivity contribution in [1.29, 1.82) is 0 Å². The smallest absolute Gasteiger partial charge is 0.416 e. The molecular formula is C20H21F3N2O5S2. The first-order valence-corrected chi connectivity index (χ1v) is 12.0. The number of thiophene rings is 1. The molecule has 1 saturated heterocycles. The van der Waals surface area contributed by atoms with Crippen LogP contribution < -0.4 is 5.32 Å². The van der Waals surface area contributed by atoms with Crippen molar-refractivity contribution < 1.29 is 35.9 Å². The van der Waals surface area contributed by atoms with Crippen LogP contribution >= 0.6 is 11.3 Å². The van der Waals surface area contributed by atoms with Crippen LogP contribution in [0.15, 0.2) is 46.0 Å². The average molecular weight is 491 g/mol. The minimum absolute atomic E-state index is 0.0696. The van der Waals surface area contributed by atoms with E-state index < -0.39 is 45.7 Å². The van der Waals surface area contributed by atoms with Gasteiger partial charge in [-0.15, -0.1) is 11.3 Å². The molecule has 1 aromatic heterocycles. The molecule has 3 rings (SSSR count). The number of anilines is 1. The fraction of sp³-hybridized carbons (Fsp3) is 0.400. The predicted octanol–water partition coefficient (Wildman–Crippen LogP) is 3.74. The number of hydrogen-bond acceptors (Lipinski definition) is 6. The van der Waals surface area contributed by atoms with E-state index in [-0.39, 0.29) is 35.8 Å². The van der Waals surface area contributed by atoms with Crippen LogP contribution in [0.5, 0.6) is 0 Å². The number of sulfonamides is 1. The summed E-state index contributed by atoms with van der Waals surface area (Å²) < 4.78 is 70.2. The lowest BCUT2D eigenvalue weighted by Crippen LogP contribution is -2.41. The van der Waals surface area contributed by atoms with Crippen LogP contribution in [-0.2, 0) is 30.5 Å². The summed E-state index contributed by atoms with van der Waals surface area (Å²) in [7, 11) is -3.60. The van der Waals surface area contributed by atoms with Gasteiger partial charge in [-0.1, -0.05) is 12.1 Å². The first-order valence-electron chi connectivity index (χ1n) is 9.71. The summed E-state index contributed by atoms with van der Waals surface area (Å²) >= 11 is 1.12. The van der Waals surface area contributed by atoms with Crippen LogP contribution in [0.4, 0.5) is 18.9 Å². The van der Waals surface area contributed by atoms with Crippen molar-refractivity contribution in [3.05, 3.63) is 47.3 Å². The second kappa shape index (κ2) is 9.59. The zero-order chi connectivity index (χ0) is 23.5. The lowest BCUT2D eigenvalue weighted by molar-refractivity contribution is -0.158. The molecule has 1 amide bonds. The van der Waals surface area contributed by atoms with E-state index in [2.05, 4.69) is 5.32 Å². The van der Waals surface area contributed by atoms with Gasteiger partial charge in [-0.05, 0) is 49.4 Å². The molecule has 1 N–H and O–H groups in total. The number of halogens is 3. The summed E-state index contributed by atoms with van der Waals surface area (Å²) in [6.45, 7) is 1.60. The number of amides is 1. The number of nitrogens with one attached hydrogen (secondary N) is 1. The van der Waals surface area contributed by atoms with E-state index >= 15 is 0 Å². The van der Waals surface area contributed by atoms with Crippen molar-refractivity contribution >= 4 is 38.9 Å². The first kappa shape index (κ1) is 24.2. The summed E-state index contributed by atoms with van der Waals surface area (Å²) in [4.78, 5) is 24.7. The molecule has 2 aromatic rings. The van der Waals surface area contributed by atoms with Crippen molar-refractivity contribution in [2.24, 2.45) is 5.92 Å².